The molecule has 0 aliphatic rings. The van der Waals surface area contributed by atoms with Gasteiger partial charge in [-0.2, -0.15) is 4.99 Å². The summed E-state index contributed by atoms with van der Waals surface area (Å²) in [6.07, 6.45) is 1.55. The molecule has 0 saturated heterocycles. The lowest BCUT2D eigenvalue weighted by atomic mass is 10.0. The number of aryl methyl sites for hydroxylation is 1. The van der Waals surface area contributed by atoms with Crippen LogP contribution in [0.3, 0.4) is 0 Å². The second-order valence-corrected chi connectivity index (χ2v) is 7.81. The van der Waals surface area contributed by atoms with Gasteiger partial charge in [0.05, 0.1) is 17.7 Å². The highest BCUT2D eigenvalue weighted by Gasteiger charge is 2.20. The van der Waals surface area contributed by atoms with Crippen molar-refractivity contribution < 1.29 is 17.9 Å². The molecule has 0 heterocycles. The highest BCUT2D eigenvalue weighted by atomic mass is 32.2. The van der Waals surface area contributed by atoms with E-state index in [1.54, 1.807) is 37.4 Å². The van der Waals surface area contributed by atoms with Crippen molar-refractivity contribution in [2.24, 2.45) is 16.5 Å². The monoisotopic (exact) mass is 390 g/mol. The minimum absolute atomic E-state index is 0.0309. The molecule has 5 N–H and O–H groups in total. The van der Waals surface area contributed by atoms with Crippen molar-refractivity contribution in [2.45, 2.75) is 18.2 Å². The van der Waals surface area contributed by atoms with E-state index in [4.69, 9.17) is 16.2 Å². The van der Waals surface area contributed by atoms with E-state index < -0.39 is 15.7 Å². The van der Waals surface area contributed by atoms with Gasteiger partial charge in [0.15, 0.2) is 15.8 Å². The molecule has 0 unspecified atom stereocenters. The minimum atomic E-state index is -3.64. The van der Waals surface area contributed by atoms with Gasteiger partial charge >= 0.3 is 0 Å². The molecule has 2 rings (SSSR count). The molecule has 0 atom stereocenters. The van der Waals surface area contributed by atoms with E-state index in [9.17, 15) is 13.2 Å². The molecule has 0 bridgehead atoms. The first-order chi connectivity index (χ1) is 12.7. The van der Waals surface area contributed by atoms with Crippen molar-refractivity contribution in [1.82, 2.24) is 0 Å². The molecule has 9 heteroatoms. The summed E-state index contributed by atoms with van der Waals surface area (Å²) in [7, 11) is -2.09. The third-order valence-corrected chi connectivity index (χ3v) is 4.93. The zero-order chi connectivity index (χ0) is 20.2. The van der Waals surface area contributed by atoms with E-state index in [-0.39, 0.29) is 16.4 Å². The molecule has 8 nitrogen and oxygen atoms in total. The van der Waals surface area contributed by atoms with Gasteiger partial charge < -0.3 is 21.5 Å². The fraction of sp³-hybridized carbons (Fsp3) is 0.222. The van der Waals surface area contributed by atoms with Crippen LogP contribution in [0.5, 0.6) is 5.75 Å². The molecule has 27 heavy (non-hydrogen) atoms. The summed E-state index contributed by atoms with van der Waals surface area (Å²) in [5, 5.41) is 3.08. The quantitative estimate of drug-likeness (QED) is 0.505. The summed E-state index contributed by atoms with van der Waals surface area (Å²) in [4.78, 5) is 15.8. The van der Waals surface area contributed by atoms with Crippen LogP contribution in [0, 0.1) is 0 Å². The number of guanidine groups is 1. The molecule has 0 saturated carbocycles. The smallest absolute Gasteiger partial charge is 0.280 e. The number of nitrogens with one attached hydrogen (secondary N) is 1. The molecule has 1 amide bonds. The lowest BCUT2D eigenvalue weighted by molar-refractivity contribution is 0.100. The van der Waals surface area contributed by atoms with Gasteiger partial charge in [0.2, 0.25) is 0 Å². The summed E-state index contributed by atoms with van der Waals surface area (Å²) in [6, 6.07) is 9.97. The molecule has 0 aromatic heterocycles. The number of aliphatic imine (C=N–C) groups is 1. The number of carbonyl (C=O) groups excluding carboxylic acids is 1. The number of hydrogen-bond donors (Lipinski definition) is 3. The average molecular weight is 390 g/mol. The first-order valence-corrected chi connectivity index (χ1v) is 9.96. The second kappa shape index (κ2) is 8.09. The second-order valence-electron chi connectivity index (χ2n) is 5.83. The summed E-state index contributed by atoms with van der Waals surface area (Å²) in [5.41, 5.74) is 12.3. The Bertz CT molecular complexity index is 996. The Hall–Kier alpha value is -3.07. The molecule has 0 spiro atoms. The van der Waals surface area contributed by atoms with Gasteiger partial charge in [-0.1, -0.05) is 13.0 Å². The van der Waals surface area contributed by atoms with Gasteiger partial charge in [0, 0.05) is 23.6 Å². The molecule has 2 aromatic carbocycles. The fourth-order valence-electron chi connectivity index (χ4n) is 2.55. The van der Waals surface area contributed by atoms with Crippen LogP contribution in [0.2, 0.25) is 0 Å². The lowest BCUT2D eigenvalue weighted by Gasteiger charge is -2.15. The largest absolute Gasteiger partial charge is 0.497 e. The number of benzene rings is 2. The molecule has 2 aromatic rings. The number of ether oxygens (including phenoxy) is 1. The predicted molar refractivity (Wildman–Crippen MR) is 105 cm³/mol. The van der Waals surface area contributed by atoms with E-state index in [2.05, 4.69) is 10.3 Å². The number of hydrogen-bond acceptors (Lipinski definition) is 5. The van der Waals surface area contributed by atoms with Crippen LogP contribution in [0.1, 0.15) is 22.8 Å². The minimum Gasteiger partial charge on any atom is -0.497 e. The van der Waals surface area contributed by atoms with Crippen molar-refractivity contribution in [1.29, 1.82) is 0 Å². The van der Waals surface area contributed by atoms with Gasteiger partial charge in [0.25, 0.3) is 5.91 Å². The fourth-order valence-corrected chi connectivity index (χ4v) is 3.40. The van der Waals surface area contributed by atoms with Crippen LogP contribution < -0.4 is 21.5 Å². The van der Waals surface area contributed by atoms with E-state index in [1.165, 1.54) is 6.07 Å². The van der Waals surface area contributed by atoms with Crippen molar-refractivity contribution in [3.63, 3.8) is 0 Å². The number of amides is 1. The van der Waals surface area contributed by atoms with Crippen molar-refractivity contribution in [3.05, 3.63) is 47.5 Å². The maximum Gasteiger partial charge on any atom is 0.280 e. The van der Waals surface area contributed by atoms with Crippen LogP contribution in [0.15, 0.2) is 46.3 Å². The molecule has 0 aliphatic carbocycles. The lowest BCUT2D eigenvalue weighted by Crippen LogP contribution is -2.24. The Labute approximate surface area is 158 Å². The van der Waals surface area contributed by atoms with Crippen LogP contribution in [0.25, 0.3) is 0 Å². The molecule has 0 fully saturated rings. The predicted octanol–water partition coefficient (Wildman–Crippen LogP) is 1.82. The number of anilines is 2. The highest BCUT2D eigenvalue weighted by molar-refractivity contribution is 7.90. The van der Waals surface area contributed by atoms with Crippen molar-refractivity contribution >= 4 is 33.1 Å². The van der Waals surface area contributed by atoms with Crippen LogP contribution in [-0.4, -0.2) is 33.7 Å². The molecule has 144 valence electrons. The van der Waals surface area contributed by atoms with Gasteiger partial charge in [-0.05, 0) is 36.2 Å². The molecule has 0 radical (unpaired) electrons. The Morgan fingerprint density at radius 1 is 1.22 bits per heavy atom. The Kier molecular flexibility index (Phi) is 6.06. The SMILES string of the molecule is CCc1cc(Nc2cccc(OC)c2)c(S(C)(=O)=O)cc1C(=O)N=C(N)N. The van der Waals surface area contributed by atoms with Gasteiger partial charge in [-0.25, -0.2) is 8.42 Å². The standard InChI is InChI=1S/C18H22N4O4S/c1-4-11-8-15(21-12-6-5-7-13(9-12)26-2)16(27(3,24)25)10-14(11)17(23)22-18(19)20/h5-10,21H,4H2,1-3H3,(H4,19,20,22,23). The zero-order valence-electron chi connectivity index (χ0n) is 15.3. The maximum absolute atomic E-state index is 12.3. The normalized spacial score (nSPS) is 10.9. The highest BCUT2D eigenvalue weighted by Crippen LogP contribution is 2.30. The third-order valence-electron chi connectivity index (χ3n) is 3.80. The van der Waals surface area contributed by atoms with E-state index in [0.29, 0.717) is 29.1 Å². The summed E-state index contributed by atoms with van der Waals surface area (Å²) in [5.74, 6) is -0.456. The topological polar surface area (TPSA) is 137 Å². The van der Waals surface area contributed by atoms with Gasteiger partial charge in [0.1, 0.15) is 5.75 Å². The van der Waals surface area contributed by atoms with E-state index in [0.717, 1.165) is 6.26 Å². The molecular formula is C18H22N4O4S. The first-order valence-electron chi connectivity index (χ1n) is 8.07. The van der Waals surface area contributed by atoms with Crippen molar-refractivity contribution in [3.8, 4) is 5.75 Å². The van der Waals surface area contributed by atoms with Crippen LogP contribution >= 0.6 is 0 Å². The van der Waals surface area contributed by atoms with E-state index >= 15 is 0 Å². The van der Waals surface area contributed by atoms with Crippen LogP contribution in [0.4, 0.5) is 11.4 Å². The number of methoxy groups -OCH3 is 1. The zero-order valence-corrected chi connectivity index (χ0v) is 16.1. The van der Waals surface area contributed by atoms with E-state index in [1.807, 2.05) is 6.92 Å². The Morgan fingerprint density at radius 3 is 2.48 bits per heavy atom. The molecular weight excluding hydrogens is 368 g/mol. The first kappa shape index (κ1) is 20.2. The number of nitrogens with two attached hydrogens (primary N) is 2. The number of nitrogens with zero attached hydrogens (tertiary/aromatic N) is 1. The van der Waals surface area contributed by atoms with Crippen LogP contribution in [-0.2, 0) is 16.3 Å². The molecule has 0 aliphatic heterocycles. The maximum atomic E-state index is 12.3. The third kappa shape index (κ3) is 4.98. The summed E-state index contributed by atoms with van der Waals surface area (Å²) in [6.45, 7) is 1.84. The summed E-state index contributed by atoms with van der Waals surface area (Å²) < 4.78 is 29.8. The average Bonchev–Trinajstić information content (AvgIpc) is 2.59. The van der Waals surface area contributed by atoms with Gasteiger partial charge in [-0.15, -0.1) is 0 Å². The number of sulfone groups is 1. The number of carbonyl (C=O) groups is 1. The van der Waals surface area contributed by atoms with Crippen molar-refractivity contribution in [2.75, 3.05) is 18.7 Å². The summed E-state index contributed by atoms with van der Waals surface area (Å²) >= 11 is 0. The number of rotatable bonds is 6. The Balaban J connectivity index is 2.62. The Morgan fingerprint density at radius 2 is 1.93 bits per heavy atom. The van der Waals surface area contributed by atoms with Gasteiger partial charge in [-0.3, -0.25) is 4.79 Å².